The van der Waals surface area contributed by atoms with E-state index in [1.54, 1.807) is 0 Å². The molecule has 0 aliphatic heterocycles. The smallest absolute Gasteiger partial charge is 0.0540 e. The van der Waals surface area contributed by atoms with Crippen molar-refractivity contribution < 1.29 is 5.11 Å². The fraction of sp³-hybridized carbons (Fsp3) is 0.571. The molecule has 2 atom stereocenters. The predicted molar refractivity (Wildman–Crippen MR) is 63.0 cm³/mol. The topological polar surface area (TPSA) is 20.2 Å². The highest BCUT2D eigenvalue weighted by Crippen LogP contribution is 2.38. The van der Waals surface area contributed by atoms with Gasteiger partial charge in [0.15, 0.2) is 0 Å². The van der Waals surface area contributed by atoms with Gasteiger partial charge >= 0.3 is 0 Å². The molecule has 2 rings (SSSR count). The van der Waals surface area contributed by atoms with E-state index in [0.717, 1.165) is 25.7 Å². The van der Waals surface area contributed by atoms with Gasteiger partial charge in [-0.2, -0.15) is 0 Å². The van der Waals surface area contributed by atoms with Crippen LogP contribution in [0.2, 0.25) is 0 Å². The Kier molecular flexibility index (Phi) is 3.42. The van der Waals surface area contributed by atoms with Crippen molar-refractivity contribution in [1.82, 2.24) is 0 Å². The van der Waals surface area contributed by atoms with E-state index in [1.807, 2.05) is 0 Å². The van der Waals surface area contributed by atoms with Crippen LogP contribution < -0.4 is 0 Å². The van der Waals surface area contributed by atoms with Crippen molar-refractivity contribution in [3.8, 4) is 0 Å². The summed E-state index contributed by atoms with van der Waals surface area (Å²) in [5.41, 5.74) is 3.02. The van der Waals surface area contributed by atoms with Crippen LogP contribution in [0, 0.1) is 0 Å². The summed E-state index contributed by atoms with van der Waals surface area (Å²) in [4.78, 5) is 0. The third kappa shape index (κ3) is 2.40. The van der Waals surface area contributed by atoms with Gasteiger partial charge in [-0.25, -0.2) is 0 Å². The first kappa shape index (κ1) is 10.7. The van der Waals surface area contributed by atoms with Gasteiger partial charge in [-0.3, -0.25) is 0 Å². The zero-order valence-electron chi connectivity index (χ0n) is 9.45. The molecule has 0 spiro atoms. The van der Waals surface area contributed by atoms with Gasteiger partial charge in [-0.15, -0.1) is 0 Å². The third-order valence-corrected chi connectivity index (χ3v) is 3.43. The predicted octanol–water partition coefficient (Wildman–Crippen LogP) is 3.27. The first-order valence-corrected chi connectivity index (χ1v) is 6.07. The molecule has 1 N–H and O–H groups in total. The quantitative estimate of drug-likeness (QED) is 0.780. The zero-order chi connectivity index (χ0) is 10.7. The maximum atomic E-state index is 9.67. The summed E-state index contributed by atoms with van der Waals surface area (Å²) in [5.74, 6) is 0.715. The Hall–Kier alpha value is -0.820. The fourth-order valence-corrected chi connectivity index (χ4v) is 2.49. The molecule has 1 nitrogen and oxygen atoms in total. The minimum absolute atomic E-state index is 0.0808. The Bertz CT molecular complexity index is 319. The van der Waals surface area contributed by atoms with Crippen molar-refractivity contribution in [2.75, 3.05) is 0 Å². The number of aliphatic hydroxyl groups is 1. The van der Waals surface area contributed by atoms with Crippen molar-refractivity contribution in [3.05, 3.63) is 35.4 Å². The lowest BCUT2D eigenvalue weighted by Crippen LogP contribution is -2.18. The molecule has 0 aromatic heterocycles. The van der Waals surface area contributed by atoms with E-state index in [9.17, 15) is 5.11 Å². The third-order valence-electron chi connectivity index (χ3n) is 3.43. The molecule has 0 amide bonds. The van der Waals surface area contributed by atoms with Gasteiger partial charge in [0.05, 0.1) is 6.10 Å². The number of hydrogen-bond donors (Lipinski definition) is 1. The van der Waals surface area contributed by atoms with E-state index < -0.39 is 0 Å². The van der Waals surface area contributed by atoms with Crippen LogP contribution in [0.25, 0.3) is 0 Å². The summed E-state index contributed by atoms with van der Waals surface area (Å²) in [7, 11) is 0. The molecule has 0 heterocycles. The Balaban J connectivity index is 1.80. The normalized spacial score (nSPS) is 20.5. The molecule has 15 heavy (non-hydrogen) atoms. The molecule has 0 radical (unpaired) electrons. The van der Waals surface area contributed by atoms with Crippen LogP contribution in [0.4, 0.5) is 0 Å². The van der Waals surface area contributed by atoms with E-state index in [4.69, 9.17) is 0 Å². The van der Waals surface area contributed by atoms with Crippen LogP contribution in [0.5, 0.6) is 0 Å². The monoisotopic (exact) mass is 204 g/mol. The maximum absolute atomic E-state index is 9.67. The molecule has 0 fully saturated rings. The number of rotatable bonds is 5. The Morgan fingerprint density at radius 3 is 2.87 bits per heavy atom. The maximum Gasteiger partial charge on any atom is 0.0540 e. The second-order valence-corrected chi connectivity index (χ2v) is 4.62. The molecule has 2 unspecified atom stereocenters. The van der Waals surface area contributed by atoms with Gasteiger partial charge < -0.3 is 5.11 Å². The van der Waals surface area contributed by atoms with Crippen LogP contribution in [-0.2, 0) is 6.42 Å². The summed E-state index contributed by atoms with van der Waals surface area (Å²) in [5, 5.41) is 9.67. The lowest BCUT2D eigenvalue weighted by molar-refractivity contribution is 0.147. The van der Waals surface area contributed by atoms with Gasteiger partial charge in [0, 0.05) is 0 Å². The minimum Gasteiger partial charge on any atom is -0.393 e. The SMILES string of the molecule is CCCC(O)CCC1Cc2ccccc21. The van der Waals surface area contributed by atoms with Crippen LogP contribution in [0.3, 0.4) is 0 Å². The molecular formula is C14H20O. The van der Waals surface area contributed by atoms with Crippen molar-refractivity contribution in [3.63, 3.8) is 0 Å². The van der Waals surface area contributed by atoms with Gasteiger partial charge in [-0.05, 0) is 42.7 Å². The molecule has 82 valence electrons. The first-order valence-electron chi connectivity index (χ1n) is 6.07. The summed E-state index contributed by atoms with van der Waals surface area (Å²) < 4.78 is 0. The van der Waals surface area contributed by atoms with Crippen LogP contribution in [0.1, 0.15) is 49.7 Å². The molecule has 1 aliphatic carbocycles. The number of hydrogen-bond acceptors (Lipinski definition) is 1. The van der Waals surface area contributed by atoms with Crippen LogP contribution >= 0.6 is 0 Å². The van der Waals surface area contributed by atoms with Crippen LogP contribution in [0.15, 0.2) is 24.3 Å². The second kappa shape index (κ2) is 4.80. The average molecular weight is 204 g/mol. The highest BCUT2D eigenvalue weighted by atomic mass is 16.3. The van der Waals surface area contributed by atoms with Crippen molar-refractivity contribution in [2.45, 2.75) is 51.0 Å². The fourth-order valence-electron chi connectivity index (χ4n) is 2.49. The molecule has 0 saturated heterocycles. The molecule has 1 aliphatic rings. The van der Waals surface area contributed by atoms with Crippen molar-refractivity contribution in [1.29, 1.82) is 0 Å². The standard InChI is InChI=1S/C14H20O/c1-2-5-13(15)9-8-12-10-11-6-3-4-7-14(11)12/h3-4,6-7,12-13,15H,2,5,8-10H2,1H3. The average Bonchev–Trinajstić information content (AvgIpc) is 2.20. The lowest BCUT2D eigenvalue weighted by atomic mass is 9.75. The summed E-state index contributed by atoms with van der Waals surface area (Å²) >= 11 is 0. The number of fused-ring (bicyclic) bond motifs is 1. The van der Waals surface area contributed by atoms with Gasteiger partial charge in [-0.1, -0.05) is 37.6 Å². The molecule has 0 saturated carbocycles. The van der Waals surface area contributed by atoms with Crippen molar-refractivity contribution in [2.24, 2.45) is 0 Å². The second-order valence-electron chi connectivity index (χ2n) is 4.62. The van der Waals surface area contributed by atoms with E-state index in [1.165, 1.54) is 17.5 Å². The van der Waals surface area contributed by atoms with Gasteiger partial charge in [0.2, 0.25) is 0 Å². The van der Waals surface area contributed by atoms with E-state index >= 15 is 0 Å². The Labute approximate surface area is 92.1 Å². The molecule has 1 aromatic carbocycles. The molecular weight excluding hydrogens is 184 g/mol. The highest BCUT2D eigenvalue weighted by Gasteiger charge is 2.25. The Morgan fingerprint density at radius 2 is 2.13 bits per heavy atom. The van der Waals surface area contributed by atoms with Crippen molar-refractivity contribution >= 4 is 0 Å². The Morgan fingerprint density at radius 1 is 1.33 bits per heavy atom. The first-order chi connectivity index (χ1) is 7.31. The minimum atomic E-state index is -0.0808. The van der Waals surface area contributed by atoms with Crippen LogP contribution in [-0.4, -0.2) is 11.2 Å². The summed E-state index contributed by atoms with van der Waals surface area (Å²) in [6.07, 6.45) is 5.29. The summed E-state index contributed by atoms with van der Waals surface area (Å²) in [6, 6.07) is 8.68. The molecule has 0 bridgehead atoms. The summed E-state index contributed by atoms with van der Waals surface area (Å²) in [6.45, 7) is 2.13. The molecule has 1 aromatic rings. The number of aliphatic hydroxyl groups excluding tert-OH is 1. The van der Waals surface area contributed by atoms with Gasteiger partial charge in [0.25, 0.3) is 0 Å². The van der Waals surface area contributed by atoms with E-state index in [-0.39, 0.29) is 6.10 Å². The number of benzene rings is 1. The zero-order valence-corrected chi connectivity index (χ0v) is 9.45. The van der Waals surface area contributed by atoms with E-state index in [2.05, 4.69) is 31.2 Å². The lowest BCUT2D eigenvalue weighted by Gasteiger charge is -2.30. The molecule has 1 heteroatoms. The van der Waals surface area contributed by atoms with E-state index in [0.29, 0.717) is 5.92 Å². The van der Waals surface area contributed by atoms with Gasteiger partial charge in [0.1, 0.15) is 0 Å². The largest absolute Gasteiger partial charge is 0.393 e. The highest BCUT2D eigenvalue weighted by molar-refractivity contribution is 5.39.